The second-order valence-electron chi connectivity index (χ2n) is 7.87. The summed E-state index contributed by atoms with van der Waals surface area (Å²) in [7, 11) is 0. The van der Waals surface area contributed by atoms with Gasteiger partial charge in [0.25, 0.3) is 0 Å². The first-order valence-electron chi connectivity index (χ1n) is 11.6. The molecule has 1 N–H and O–H groups in total. The van der Waals surface area contributed by atoms with Gasteiger partial charge in [0.15, 0.2) is 0 Å². The molecule has 4 aromatic rings. The number of carbonyl (C=O) groups excluding carboxylic acids is 2. The van der Waals surface area contributed by atoms with Gasteiger partial charge < -0.3 is 10.2 Å². The maximum absolute atomic E-state index is 14.0. The number of pyridine rings is 2. The topological polar surface area (TPSA) is 99.2 Å². The standard InChI is InChI=1S/C13H7BrClF2NO.C9H8BrF2NO2.C6H4BrCl.B.K.H2O/c14-9-4-5-11(18-7-9)13(16,17)12(19)8-2-1-3-10(15)6-8;1-2-15-8(14)9(11,12)7-4-3-6(10)5-13-7;7-5-2-1-3-6(8)4-5;;;/h1-7H;3-5H,2H2,1H3;1-4H;;;1H2/q;;;;+1;/p-1. The van der Waals surface area contributed by atoms with Crippen molar-refractivity contribution in [3.8, 4) is 0 Å². The third-order valence-electron chi connectivity index (χ3n) is 4.79. The number of esters is 1. The Morgan fingerprint density at radius 1 is 0.756 bits per heavy atom. The number of alkyl halides is 4. The van der Waals surface area contributed by atoms with Gasteiger partial charge in [-0.3, -0.25) is 14.8 Å². The van der Waals surface area contributed by atoms with Gasteiger partial charge in [0.2, 0.25) is 5.78 Å². The van der Waals surface area contributed by atoms with Crippen LogP contribution in [0.2, 0.25) is 10.0 Å². The van der Waals surface area contributed by atoms with Gasteiger partial charge in [-0.1, -0.05) is 57.3 Å². The molecule has 0 bridgehead atoms. The van der Waals surface area contributed by atoms with E-state index in [1.165, 1.54) is 55.7 Å². The van der Waals surface area contributed by atoms with E-state index in [1.807, 2.05) is 24.3 Å². The quantitative estimate of drug-likeness (QED) is 0.0948. The third-order valence-corrected chi connectivity index (χ3v) is 6.69. The molecule has 0 aliphatic heterocycles. The number of Topliss-reactive ketones (excluding diaryl/α,β-unsaturated/α-hetero) is 1. The molecule has 45 heavy (non-hydrogen) atoms. The maximum atomic E-state index is 14.0. The van der Waals surface area contributed by atoms with E-state index < -0.39 is 35.0 Å². The predicted molar refractivity (Wildman–Crippen MR) is 171 cm³/mol. The number of aromatic nitrogens is 2. The molecule has 2 heterocycles. The summed E-state index contributed by atoms with van der Waals surface area (Å²) in [6.45, 7) is 1.37. The molecule has 2 aromatic heterocycles. The molecule has 0 fully saturated rings. The number of rotatable bonds is 6. The average molecular weight is 885 g/mol. The minimum absolute atomic E-state index is 0. The minimum atomic E-state index is -3.70. The van der Waals surface area contributed by atoms with Gasteiger partial charge in [-0.05, 0) is 93.4 Å². The van der Waals surface area contributed by atoms with E-state index in [0.29, 0.717) is 8.95 Å². The van der Waals surface area contributed by atoms with Crippen LogP contribution >= 0.6 is 71.0 Å². The average Bonchev–Trinajstić information content (AvgIpc) is 2.94. The Hall–Kier alpha value is -0.719. The summed E-state index contributed by atoms with van der Waals surface area (Å²) in [6, 6.07) is 17.9. The van der Waals surface area contributed by atoms with Crippen LogP contribution in [0.15, 0.2) is 98.6 Å². The van der Waals surface area contributed by atoms with Crippen molar-refractivity contribution in [1.82, 2.24) is 9.97 Å². The first kappa shape index (κ1) is 46.4. The van der Waals surface area contributed by atoms with Crippen LogP contribution in [0.4, 0.5) is 17.6 Å². The summed E-state index contributed by atoms with van der Waals surface area (Å²) in [6.07, 6.45) is 2.41. The number of ketones is 1. The summed E-state index contributed by atoms with van der Waals surface area (Å²) in [5.74, 6) is -10.3. The van der Waals surface area contributed by atoms with Crippen molar-refractivity contribution in [3.63, 3.8) is 0 Å². The summed E-state index contributed by atoms with van der Waals surface area (Å²) in [4.78, 5) is 29.8. The normalized spacial score (nSPS) is 10.2. The second-order valence-corrected chi connectivity index (χ2v) is 11.5. The monoisotopic (exact) mass is 881 g/mol. The summed E-state index contributed by atoms with van der Waals surface area (Å²) < 4.78 is 61.1. The van der Waals surface area contributed by atoms with Crippen molar-refractivity contribution < 1.29 is 88.7 Å². The van der Waals surface area contributed by atoms with Gasteiger partial charge in [-0.25, -0.2) is 4.79 Å². The van der Waals surface area contributed by atoms with Gasteiger partial charge in [0.1, 0.15) is 11.4 Å². The molecule has 0 atom stereocenters. The molecule has 0 unspecified atom stereocenters. The molecule has 17 heteroatoms. The van der Waals surface area contributed by atoms with Crippen LogP contribution in [-0.4, -0.2) is 42.2 Å². The summed E-state index contributed by atoms with van der Waals surface area (Å²) in [5, 5.41) is 0.991. The van der Waals surface area contributed by atoms with Crippen molar-refractivity contribution in [2.24, 2.45) is 0 Å². The first-order chi connectivity index (χ1) is 19.7. The zero-order valence-electron chi connectivity index (χ0n) is 23.3. The summed E-state index contributed by atoms with van der Waals surface area (Å²) >= 11 is 20.7. The minimum Gasteiger partial charge on any atom is -0.870 e. The molecule has 0 spiro atoms. The smallest absolute Gasteiger partial charge is 0.870 e. The Bertz CT molecular complexity index is 1500. The van der Waals surface area contributed by atoms with E-state index in [9.17, 15) is 27.2 Å². The van der Waals surface area contributed by atoms with Gasteiger partial charge in [0.05, 0.1) is 6.61 Å². The zero-order valence-corrected chi connectivity index (χ0v) is 32.7. The number of carbonyl (C=O) groups is 2. The van der Waals surface area contributed by atoms with Crippen molar-refractivity contribution >= 4 is 91.2 Å². The fourth-order valence-corrected chi connectivity index (χ4v) is 4.22. The van der Waals surface area contributed by atoms with E-state index in [0.717, 1.165) is 21.6 Å². The fourth-order valence-electron chi connectivity index (χ4n) is 2.84. The molecule has 233 valence electrons. The van der Waals surface area contributed by atoms with E-state index in [4.69, 9.17) is 23.2 Å². The van der Waals surface area contributed by atoms with Crippen LogP contribution in [0.25, 0.3) is 0 Å². The number of halogens is 9. The van der Waals surface area contributed by atoms with Crippen LogP contribution in [0.3, 0.4) is 0 Å². The molecular weight excluding hydrogens is 865 g/mol. The third kappa shape index (κ3) is 14.9. The number of hydrogen-bond donors (Lipinski definition) is 0. The molecule has 4 rings (SSSR count). The maximum Gasteiger partial charge on any atom is 1.00 e. The van der Waals surface area contributed by atoms with Gasteiger partial charge in [-0.2, -0.15) is 17.6 Å². The Morgan fingerprint density at radius 2 is 1.22 bits per heavy atom. The largest absolute Gasteiger partial charge is 1.00 e. The van der Waals surface area contributed by atoms with Gasteiger partial charge in [-0.15, -0.1) is 0 Å². The Balaban J connectivity index is 0. The van der Waals surface area contributed by atoms with Crippen LogP contribution in [0, 0.1) is 0 Å². The Morgan fingerprint density at radius 3 is 1.60 bits per heavy atom. The second kappa shape index (κ2) is 22.0. The van der Waals surface area contributed by atoms with E-state index in [-0.39, 0.29) is 82.5 Å². The van der Waals surface area contributed by atoms with Gasteiger partial charge in [0, 0.05) is 49.8 Å². The molecule has 0 aliphatic rings. The number of benzene rings is 2. The SMILES string of the molecule is CCOC(=O)C(F)(F)c1ccc(Br)cn1.Clc1cccc(Br)c1.O=C(c1cccc(Cl)c1)C(F)(F)c1ccc(Br)cn1.[B].[K+].[OH-]. The molecule has 0 aliphatic carbocycles. The molecule has 0 amide bonds. The van der Waals surface area contributed by atoms with Crippen LogP contribution in [0.1, 0.15) is 28.7 Å². The van der Waals surface area contributed by atoms with Crippen molar-refractivity contribution in [3.05, 3.63) is 126 Å². The summed E-state index contributed by atoms with van der Waals surface area (Å²) in [5.41, 5.74) is -1.37. The van der Waals surface area contributed by atoms with Gasteiger partial charge >= 0.3 is 69.2 Å². The van der Waals surface area contributed by atoms with Crippen LogP contribution in [-0.2, 0) is 21.4 Å². The molecule has 0 saturated carbocycles. The fraction of sp³-hybridized carbons (Fsp3) is 0.143. The van der Waals surface area contributed by atoms with Crippen molar-refractivity contribution in [2.75, 3.05) is 6.61 Å². The zero-order chi connectivity index (χ0) is 31.5. The van der Waals surface area contributed by atoms with Crippen LogP contribution in [0.5, 0.6) is 0 Å². The van der Waals surface area contributed by atoms with Crippen molar-refractivity contribution in [2.45, 2.75) is 18.8 Å². The van der Waals surface area contributed by atoms with E-state index >= 15 is 0 Å². The molecule has 6 nitrogen and oxygen atoms in total. The predicted octanol–water partition coefficient (Wildman–Crippen LogP) is 6.52. The van der Waals surface area contributed by atoms with Crippen molar-refractivity contribution in [1.29, 1.82) is 0 Å². The molecule has 2 aromatic carbocycles. The molecule has 0 saturated heterocycles. The van der Waals surface area contributed by atoms with Crippen LogP contribution < -0.4 is 51.4 Å². The number of nitrogens with zero attached hydrogens (tertiary/aromatic N) is 2. The molecular formula is C28H20BBr3Cl2F4KN2O4. The van der Waals surface area contributed by atoms with E-state index in [1.54, 1.807) is 0 Å². The van der Waals surface area contributed by atoms with E-state index in [2.05, 4.69) is 62.5 Å². The number of hydrogen-bond acceptors (Lipinski definition) is 6. The number of ether oxygens (including phenoxy) is 1. The first-order valence-corrected chi connectivity index (χ1v) is 14.7. The Kier molecular flexibility index (Phi) is 22.7. The molecule has 3 radical (unpaired) electrons. The Labute approximate surface area is 336 Å².